The van der Waals surface area contributed by atoms with Crippen LogP contribution in [-0.2, 0) is 4.74 Å². The summed E-state index contributed by atoms with van der Waals surface area (Å²) in [5, 5.41) is 3.24. The zero-order valence-electron chi connectivity index (χ0n) is 10.4. The highest BCUT2D eigenvalue weighted by molar-refractivity contribution is 7.98. The van der Waals surface area contributed by atoms with Gasteiger partial charge in [-0.2, -0.15) is 11.8 Å². The summed E-state index contributed by atoms with van der Waals surface area (Å²) in [5.41, 5.74) is 0.478. The summed E-state index contributed by atoms with van der Waals surface area (Å²) in [5.74, 6) is 1.31. The summed E-state index contributed by atoms with van der Waals surface area (Å²) >= 11 is 1.80. The molecule has 4 nitrogen and oxygen atoms in total. The first-order chi connectivity index (χ1) is 8.19. The normalized spacial score (nSPS) is 11.9. The summed E-state index contributed by atoms with van der Waals surface area (Å²) in [6.45, 7) is 2.08. The zero-order valence-corrected chi connectivity index (χ0v) is 11.2. The molecular weight excluding hydrogens is 236 g/mol. The van der Waals surface area contributed by atoms with Gasteiger partial charge >= 0.3 is 5.97 Å². The lowest BCUT2D eigenvalue weighted by atomic mass is 10.2. The number of pyridine rings is 1. The molecule has 0 aliphatic heterocycles. The van der Waals surface area contributed by atoms with Gasteiger partial charge in [-0.25, -0.2) is 9.78 Å². The first-order valence-electron chi connectivity index (χ1n) is 5.47. The Morgan fingerprint density at radius 3 is 3.06 bits per heavy atom. The summed E-state index contributed by atoms with van der Waals surface area (Å²) in [4.78, 5) is 15.7. The molecule has 0 aromatic carbocycles. The Bertz CT molecular complexity index is 371. The third-order valence-corrected chi connectivity index (χ3v) is 3.00. The standard InChI is InChI=1S/C12H18N2O2S/c1-9(6-8-17-3)14-11-10(12(15)16-2)5-4-7-13-11/h4-5,7,9H,6,8H2,1-3H3,(H,13,14). The van der Waals surface area contributed by atoms with E-state index in [0.717, 1.165) is 12.2 Å². The van der Waals surface area contributed by atoms with Crippen molar-refractivity contribution in [2.75, 3.05) is 24.4 Å². The smallest absolute Gasteiger partial charge is 0.341 e. The van der Waals surface area contributed by atoms with Gasteiger partial charge in [-0.15, -0.1) is 0 Å². The van der Waals surface area contributed by atoms with Crippen molar-refractivity contribution in [2.24, 2.45) is 0 Å². The lowest BCUT2D eigenvalue weighted by Gasteiger charge is -2.15. The largest absolute Gasteiger partial charge is 0.465 e. The van der Waals surface area contributed by atoms with Crippen LogP contribution < -0.4 is 5.32 Å². The Balaban J connectivity index is 2.73. The average molecular weight is 254 g/mol. The maximum atomic E-state index is 11.5. The number of aromatic nitrogens is 1. The minimum absolute atomic E-state index is 0.278. The molecule has 1 aromatic rings. The van der Waals surface area contributed by atoms with Gasteiger partial charge in [-0.1, -0.05) is 0 Å². The van der Waals surface area contributed by atoms with Gasteiger partial charge in [0.15, 0.2) is 0 Å². The molecule has 0 aliphatic carbocycles. The zero-order chi connectivity index (χ0) is 12.7. The Kier molecular flexibility index (Phi) is 5.83. The molecule has 0 radical (unpaired) electrons. The van der Waals surface area contributed by atoms with Crippen molar-refractivity contribution >= 4 is 23.5 Å². The van der Waals surface area contributed by atoms with E-state index < -0.39 is 0 Å². The number of carbonyl (C=O) groups is 1. The molecule has 17 heavy (non-hydrogen) atoms. The number of rotatable bonds is 6. The number of ether oxygens (including phenoxy) is 1. The third-order valence-electron chi connectivity index (χ3n) is 2.35. The van der Waals surface area contributed by atoms with Gasteiger partial charge in [0.25, 0.3) is 0 Å². The minimum Gasteiger partial charge on any atom is -0.465 e. The van der Waals surface area contributed by atoms with Gasteiger partial charge in [0.2, 0.25) is 0 Å². The lowest BCUT2D eigenvalue weighted by Crippen LogP contribution is -2.19. The van der Waals surface area contributed by atoms with E-state index in [0.29, 0.717) is 11.4 Å². The molecule has 0 saturated heterocycles. The Labute approximate surface area is 106 Å². The van der Waals surface area contributed by atoms with E-state index in [-0.39, 0.29) is 12.0 Å². The van der Waals surface area contributed by atoms with Crippen LogP contribution >= 0.6 is 11.8 Å². The highest BCUT2D eigenvalue weighted by Crippen LogP contribution is 2.15. The van der Waals surface area contributed by atoms with E-state index in [2.05, 4.69) is 23.5 Å². The second kappa shape index (κ2) is 7.17. The second-order valence-electron chi connectivity index (χ2n) is 3.72. The molecule has 1 atom stereocenters. The number of esters is 1. The van der Waals surface area contributed by atoms with Crippen molar-refractivity contribution in [2.45, 2.75) is 19.4 Å². The van der Waals surface area contributed by atoms with Gasteiger partial charge in [0, 0.05) is 12.2 Å². The van der Waals surface area contributed by atoms with Gasteiger partial charge in [0.1, 0.15) is 11.4 Å². The van der Waals surface area contributed by atoms with Crippen LogP contribution in [0.5, 0.6) is 0 Å². The SMILES string of the molecule is COC(=O)c1cccnc1NC(C)CCSC. The van der Waals surface area contributed by atoms with Crippen LogP contribution in [0.2, 0.25) is 0 Å². The van der Waals surface area contributed by atoms with Crippen LogP contribution in [0.25, 0.3) is 0 Å². The summed E-state index contributed by atoms with van der Waals surface area (Å²) in [6.07, 6.45) is 4.77. The number of nitrogens with one attached hydrogen (secondary N) is 1. The molecule has 94 valence electrons. The van der Waals surface area contributed by atoms with Crippen LogP contribution in [0.1, 0.15) is 23.7 Å². The molecule has 5 heteroatoms. The molecule has 1 heterocycles. The molecule has 0 amide bonds. The fourth-order valence-corrected chi connectivity index (χ4v) is 1.98. The highest BCUT2D eigenvalue weighted by Gasteiger charge is 2.13. The number of hydrogen-bond donors (Lipinski definition) is 1. The molecule has 0 spiro atoms. The predicted octanol–water partition coefficient (Wildman–Crippen LogP) is 2.42. The first kappa shape index (κ1) is 13.8. The number of methoxy groups -OCH3 is 1. The maximum Gasteiger partial charge on any atom is 0.341 e. The van der Waals surface area contributed by atoms with Crippen molar-refractivity contribution < 1.29 is 9.53 Å². The van der Waals surface area contributed by atoms with E-state index in [1.165, 1.54) is 7.11 Å². The van der Waals surface area contributed by atoms with Crippen LogP contribution in [0.4, 0.5) is 5.82 Å². The molecule has 1 unspecified atom stereocenters. The van der Waals surface area contributed by atoms with Crippen LogP contribution in [0, 0.1) is 0 Å². The van der Waals surface area contributed by atoms with Crippen LogP contribution in [-0.4, -0.2) is 36.1 Å². The number of thioether (sulfide) groups is 1. The van der Waals surface area contributed by atoms with Gasteiger partial charge in [-0.3, -0.25) is 0 Å². The molecule has 1 N–H and O–H groups in total. The lowest BCUT2D eigenvalue weighted by molar-refractivity contribution is 0.0601. The molecule has 0 saturated carbocycles. The molecule has 1 aromatic heterocycles. The fourth-order valence-electron chi connectivity index (χ4n) is 1.40. The summed E-state index contributed by atoms with van der Waals surface area (Å²) in [7, 11) is 1.37. The molecule has 0 fully saturated rings. The van der Waals surface area contributed by atoms with Gasteiger partial charge in [-0.05, 0) is 37.5 Å². The van der Waals surface area contributed by atoms with E-state index in [1.54, 1.807) is 30.1 Å². The van der Waals surface area contributed by atoms with Crippen molar-refractivity contribution in [3.05, 3.63) is 23.9 Å². The van der Waals surface area contributed by atoms with Crippen molar-refractivity contribution in [1.82, 2.24) is 4.98 Å². The van der Waals surface area contributed by atoms with Crippen molar-refractivity contribution in [1.29, 1.82) is 0 Å². The van der Waals surface area contributed by atoms with E-state index in [4.69, 9.17) is 4.74 Å². The molecular formula is C12H18N2O2S. The second-order valence-corrected chi connectivity index (χ2v) is 4.70. The van der Waals surface area contributed by atoms with Crippen molar-refractivity contribution in [3.63, 3.8) is 0 Å². The predicted molar refractivity (Wildman–Crippen MR) is 71.7 cm³/mol. The number of anilines is 1. The minimum atomic E-state index is -0.363. The summed E-state index contributed by atoms with van der Waals surface area (Å²) in [6, 6.07) is 3.72. The third kappa shape index (κ3) is 4.26. The average Bonchev–Trinajstić information content (AvgIpc) is 2.36. The number of hydrogen-bond acceptors (Lipinski definition) is 5. The van der Waals surface area contributed by atoms with Gasteiger partial charge < -0.3 is 10.1 Å². The quantitative estimate of drug-likeness (QED) is 0.790. The Morgan fingerprint density at radius 2 is 2.41 bits per heavy atom. The van der Waals surface area contributed by atoms with Crippen LogP contribution in [0.3, 0.4) is 0 Å². The maximum absolute atomic E-state index is 11.5. The Morgan fingerprint density at radius 1 is 1.65 bits per heavy atom. The monoisotopic (exact) mass is 254 g/mol. The Hall–Kier alpha value is -1.23. The molecule has 1 rings (SSSR count). The first-order valence-corrected chi connectivity index (χ1v) is 6.87. The fraction of sp³-hybridized carbons (Fsp3) is 0.500. The van der Waals surface area contributed by atoms with E-state index in [9.17, 15) is 4.79 Å². The molecule has 0 bridgehead atoms. The van der Waals surface area contributed by atoms with Crippen molar-refractivity contribution in [3.8, 4) is 0 Å². The van der Waals surface area contributed by atoms with E-state index >= 15 is 0 Å². The van der Waals surface area contributed by atoms with Gasteiger partial charge in [0.05, 0.1) is 7.11 Å². The topological polar surface area (TPSA) is 51.2 Å². The van der Waals surface area contributed by atoms with E-state index in [1.807, 2.05) is 0 Å². The molecule has 0 aliphatic rings. The number of nitrogens with zero attached hydrogens (tertiary/aromatic N) is 1. The summed E-state index contributed by atoms with van der Waals surface area (Å²) < 4.78 is 4.72. The van der Waals surface area contributed by atoms with Crippen LogP contribution in [0.15, 0.2) is 18.3 Å². The highest BCUT2D eigenvalue weighted by atomic mass is 32.2. The number of carbonyl (C=O) groups excluding carboxylic acids is 1.